The fourth-order valence-corrected chi connectivity index (χ4v) is 3.28. The molecule has 0 saturated carbocycles. The average molecular weight is 402 g/mol. The minimum atomic E-state index is -0.851. The standard InChI is InChI=1S/C15H11Br2FO2/c16-10-5-9-3-4-20-15(9)11(7-10)14(19)8-1-2-13(18)12(17)6-8/h1-2,5-7,14,19H,3-4H2. The van der Waals surface area contributed by atoms with Crippen LogP contribution in [0, 0.1) is 5.82 Å². The minimum Gasteiger partial charge on any atom is -0.493 e. The van der Waals surface area contributed by atoms with Gasteiger partial charge in [0, 0.05) is 16.5 Å². The van der Waals surface area contributed by atoms with Crippen LogP contribution in [0.5, 0.6) is 5.75 Å². The van der Waals surface area contributed by atoms with E-state index >= 15 is 0 Å². The number of rotatable bonds is 2. The first-order valence-electron chi connectivity index (χ1n) is 6.14. The molecule has 0 radical (unpaired) electrons. The van der Waals surface area contributed by atoms with Crippen molar-refractivity contribution in [3.63, 3.8) is 0 Å². The van der Waals surface area contributed by atoms with E-state index in [1.54, 1.807) is 12.1 Å². The summed E-state index contributed by atoms with van der Waals surface area (Å²) in [6, 6.07) is 8.34. The van der Waals surface area contributed by atoms with Crippen LogP contribution in [-0.4, -0.2) is 11.7 Å². The second kappa shape index (κ2) is 5.47. The van der Waals surface area contributed by atoms with Crippen molar-refractivity contribution in [2.45, 2.75) is 12.5 Å². The average Bonchev–Trinajstić information content (AvgIpc) is 2.88. The molecule has 20 heavy (non-hydrogen) atoms. The van der Waals surface area contributed by atoms with Crippen molar-refractivity contribution in [2.24, 2.45) is 0 Å². The second-order valence-electron chi connectivity index (χ2n) is 4.66. The fourth-order valence-electron chi connectivity index (χ4n) is 2.36. The van der Waals surface area contributed by atoms with Gasteiger partial charge in [0.05, 0.1) is 11.1 Å². The summed E-state index contributed by atoms with van der Waals surface area (Å²) in [5.41, 5.74) is 2.40. The van der Waals surface area contributed by atoms with Gasteiger partial charge in [0.15, 0.2) is 0 Å². The molecule has 5 heteroatoms. The van der Waals surface area contributed by atoms with E-state index in [9.17, 15) is 9.50 Å². The molecule has 1 N–H and O–H groups in total. The molecule has 0 bridgehead atoms. The van der Waals surface area contributed by atoms with Crippen molar-refractivity contribution < 1.29 is 14.2 Å². The summed E-state index contributed by atoms with van der Waals surface area (Å²) in [5, 5.41) is 10.6. The van der Waals surface area contributed by atoms with Gasteiger partial charge in [-0.15, -0.1) is 0 Å². The molecule has 2 nitrogen and oxygen atoms in total. The Labute approximate surface area is 132 Å². The smallest absolute Gasteiger partial charge is 0.137 e. The highest BCUT2D eigenvalue weighted by molar-refractivity contribution is 9.10. The number of aliphatic hydroxyl groups excluding tert-OH is 1. The summed E-state index contributed by atoms with van der Waals surface area (Å²) in [5.74, 6) is 0.387. The number of halogens is 3. The van der Waals surface area contributed by atoms with Gasteiger partial charge in [-0.05, 0) is 51.3 Å². The molecule has 0 spiro atoms. The molecular formula is C15H11Br2FO2. The van der Waals surface area contributed by atoms with E-state index in [0.29, 0.717) is 22.2 Å². The van der Waals surface area contributed by atoms with E-state index in [-0.39, 0.29) is 5.82 Å². The van der Waals surface area contributed by atoms with Crippen molar-refractivity contribution in [3.05, 3.63) is 61.8 Å². The number of hydrogen-bond donors (Lipinski definition) is 1. The van der Waals surface area contributed by atoms with E-state index in [0.717, 1.165) is 22.2 Å². The van der Waals surface area contributed by atoms with E-state index in [1.807, 2.05) is 12.1 Å². The van der Waals surface area contributed by atoms with Gasteiger partial charge in [-0.25, -0.2) is 4.39 Å². The molecule has 2 aromatic rings. The number of benzene rings is 2. The zero-order valence-corrected chi connectivity index (χ0v) is 13.5. The summed E-state index contributed by atoms with van der Waals surface area (Å²) >= 11 is 6.58. The Morgan fingerprint density at radius 3 is 2.75 bits per heavy atom. The number of hydrogen-bond acceptors (Lipinski definition) is 2. The van der Waals surface area contributed by atoms with Gasteiger partial charge in [-0.3, -0.25) is 0 Å². The van der Waals surface area contributed by atoms with Crippen LogP contribution in [0.15, 0.2) is 39.3 Å². The zero-order valence-electron chi connectivity index (χ0n) is 10.4. The number of fused-ring (bicyclic) bond motifs is 1. The molecule has 2 aromatic carbocycles. The second-order valence-corrected chi connectivity index (χ2v) is 6.43. The number of aliphatic hydroxyl groups is 1. The van der Waals surface area contributed by atoms with E-state index in [4.69, 9.17) is 4.74 Å². The Hall–Kier alpha value is -0.910. The van der Waals surface area contributed by atoms with Crippen LogP contribution in [-0.2, 0) is 6.42 Å². The highest BCUT2D eigenvalue weighted by atomic mass is 79.9. The normalized spacial score (nSPS) is 14.8. The van der Waals surface area contributed by atoms with Crippen LogP contribution < -0.4 is 4.74 Å². The maximum Gasteiger partial charge on any atom is 0.137 e. The Morgan fingerprint density at radius 2 is 2.00 bits per heavy atom. The quantitative estimate of drug-likeness (QED) is 0.809. The van der Waals surface area contributed by atoms with Gasteiger partial charge < -0.3 is 9.84 Å². The fraction of sp³-hybridized carbons (Fsp3) is 0.200. The van der Waals surface area contributed by atoms with Crippen LogP contribution in [0.3, 0.4) is 0 Å². The third-order valence-corrected chi connectivity index (χ3v) is 4.40. The molecule has 1 aliphatic heterocycles. The van der Waals surface area contributed by atoms with E-state index < -0.39 is 6.10 Å². The van der Waals surface area contributed by atoms with Gasteiger partial charge in [0.1, 0.15) is 17.7 Å². The highest BCUT2D eigenvalue weighted by Gasteiger charge is 2.23. The molecule has 0 amide bonds. The van der Waals surface area contributed by atoms with Crippen molar-refractivity contribution in [1.29, 1.82) is 0 Å². The van der Waals surface area contributed by atoms with Crippen LogP contribution in [0.25, 0.3) is 0 Å². The monoisotopic (exact) mass is 400 g/mol. The molecule has 3 rings (SSSR count). The molecule has 1 atom stereocenters. The predicted molar refractivity (Wildman–Crippen MR) is 81.5 cm³/mol. The Balaban J connectivity index is 2.06. The van der Waals surface area contributed by atoms with E-state index in [2.05, 4.69) is 31.9 Å². The van der Waals surface area contributed by atoms with Gasteiger partial charge >= 0.3 is 0 Å². The first-order chi connectivity index (χ1) is 9.56. The molecule has 0 aromatic heterocycles. The maximum atomic E-state index is 13.3. The molecule has 104 valence electrons. The summed E-state index contributed by atoms with van der Waals surface area (Å²) in [7, 11) is 0. The Morgan fingerprint density at radius 1 is 1.20 bits per heavy atom. The molecule has 0 aliphatic carbocycles. The van der Waals surface area contributed by atoms with Gasteiger partial charge in [-0.2, -0.15) is 0 Å². The van der Waals surface area contributed by atoms with Crippen LogP contribution >= 0.6 is 31.9 Å². The van der Waals surface area contributed by atoms with Crippen molar-refractivity contribution in [1.82, 2.24) is 0 Å². The molecule has 1 unspecified atom stereocenters. The third-order valence-electron chi connectivity index (χ3n) is 3.33. The zero-order chi connectivity index (χ0) is 14.3. The maximum absolute atomic E-state index is 13.3. The molecule has 0 saturated heterocycles. The van der Waals surface area contributed by atoms with E-state index in [1.165, 1.54) is 6.07 Å². The van der Waals surface area contributed by atoms with Crippen molar-refractivity contribution in [2.75, 3.05) is 6.61 Å². The lowest BCUT2D eigenvalue weighted by molar-refractivity contribution is 0.213. The van der Waals surface area contributed by atoms with Crippen LogP contribution in [0.4, 0.5) is 4.39 Å². The molecular weight excluding hydrogens is 391 g/mol. The SMILES string of the molecule is OC(c1ccc(F)c(Br)c1)c1cc(Br)cc2c1OCC2. The summed E-state index contributed by atoms with van der Waals surface area (Å²) in [6.07, 6.45) is -0.0158. The van der Waals surface area contributed by atoms with Crippen LogP contribution in [0.1, 0.15) is 22.8 Å². The van der Waals surface area contributed by atoms with Crippen LogP contribution in [0.2, 0.25) is 0 Å². The topological polar surface area (TPSA) is 29.5 Å². The third kappa shape index (κ3) is 2.50. The minimum absolute atomic E-state index is 0.335. The Kier molecular flexibility index (Phi) is 3.84. The summed E-state index contributed by atoms with van der Waals surface area (Å²) in [6.45, 7) is 0.624. The first kappa shape index (κ1) is 14.0. The predicted octanol–water partition coefficient (Wildman–Crippen LogP) is 4.37. The van der Waals surface area contributed by atoms with Gasteiger partial charge in [-0.1, -0.05) is 22.0 Å². The van der Waals surface area contributed by atoms with Crippen molar-refractivity contribution >= 4 is 31.9 Å². The molecule has 0 fully saturated rings. The lowest BCUT2D eigenvalue weighted by Gasteiger charge is -2.16. The van der Waals surface area contributed by atoms with Gasteiger partial charge in [0.2, 0.25) is 0 Å². The first-order valence-corrected chi connectivity index (χ1v) is 7.73. The lowest BCUT2D eigenvalue weighted by atomic mass is 9.98. The van der Waals surface area contributed by atoms with Gasteiger partial charge in [0.25, 0.3) is 0 Å². The number of ether oxygens (including phenoxy) is 1. The Bertz CT molecular complexity index is 673. The summed E-state index contributed by atoms with van der Waals surface area (Å²) in [4.78, 5) is 0. The highest BCUT2D eigenvalue weighted by Crippen LogP contribution is 2.39. The summed E-state index contributed by atoms with van der Waals surface area (Å²) < 4.78 is 20.1. The van der Waals surface area contributed by atoms with Crippen molar-refractivity contribution in [3.8, 4) is 5.75 Å². The molecule has 1 heterocycles. The largest absolute Gasteiger partial charge is 0.493 e. The lowest BCUT2D eigenvalue weighted by Crippen LogP contribution is -2.03. The molecule has 1 aliphatic rings.